The van der Waals surface area contributed by atoms with Crippen LogP contribution in [-0.4, -0.2) is 90.6 Å². The Balaban J connectivity index is 0.000000482. The van der Waals surface area contributed by atoms with Gasteiger partial charge in [0.15, 0.2) is 5.82 Å². The first-order valence-electron chi connectivity index (χ1n) is 12.7. The smallest absolute Gasteiger partial charge is 0.328 e. The van der Waals surface area contributed by atoms with Crippen LogP contribution in [-0.2, 0) is 9.59 Å². The summed E-state index contributed by atoms with van der Waals surface area (Å²) in [6.07, 6.45) is 1.12. The van der Waals surface area contributed by atoms with Gasteiger partial charge in [0, 0.05) is 67.9 Å². The third-order valence-corrected chi connectivity index (χ3v) is 6.01. The number of carboxylic acids is 2. The maximum Gasteiger partial charge on any atom is 0.328 e. The van der Waals surface area contributed by atoms with Crippen LogP contribution in [0.3, 0.4) is 0 Å². The number of nitrogens with zero attached hydrogens (tertiary/aromatic N) is 4. The SMILES string of the molecule is COc1ccc(-c2nc(C)cc(OCCN3CCN(c4ccc(OC)cc4)CC3)n2)cc1.O=C(O)C=CC(=O)O. The highest BCUT2D eigenvalue weighted by Gasteiger charge is 2.17. The Kier molecular flexibility index (Phi) is 11.3. The Morgan fingerprint density at radius 2 is 1.40 bits per heavy atom. The first-order valence-corrected chi connectivity index (χ1v) is 12.7. The molecule has 0 aliphatic carbocycles. The van der Waals surface area contributed by atoms with Crippen LogP contribution in [0.25, 0.3) is 11.4 Å². The molecule has 212 valence electrons. The van der Waals surface area contributed by atoms with E-state index < -0.39 is 11.9 Å². The second kappa shape index (κ2) is 15.1. The van der Waals surface area contributed by atoms with Crippen molar-refractivity contribution in [2.75, 3.05) is 58.5 Å². The van der Waals surface area contributed by atoms with Crippen LogP contribution < -0.4 is 19.1 Å². The Labute approximate surface area is 233 Å². The molecule has 1 aromatic heterocycles. The summed E-state index contributed by atoms with van der Waals surface area (Å²) in [4.78, 5) is 33.1. The predicted octanol–water partition coefficient (Wildman–Crippen LogP) is 3.38. The van der Waals surface area contributed by atoms with Gasteiger partial charge in [0.1, 0.15) is 18.1 Å². The van der Waals surface area contributed by atoms with Gasteiger partial charge in [-0.05, 0) is 55.5 Å². The molecule has 2 heterocycles. The van der Waals surface area contributed by atoms with Gasteiger partial charge in [-0.25, -0.2) is 14.6 Å². The van der Waals surface area contributed by atoms with Gasteiger partial charge in [0.2, 0.25) is 5.88 Å². The molecular formula is C29H34N4O7. The average molecular weight is 551 g/mol. The molecule has 0 saturated carbocycles. The number of ether oxygens (including phenoxy) is 3. The van der Waals surface area contributed by atoms with Crippen molar-refractivity contribution < 1.29 is 34.0 Å². The normalized spacial score (nSPS) is 13.3. The van der Waals surface area contributed by atoms with Crippen molar-refractivity contribution in [3.8, 4) is 28.8 Å². The van der Waals surface area contributed by atoms with E-state index in [-0.39, 0.29) is 0 Å². The number of rotatable bonds is 10. The highest BCUT2D eigenvalue weighted by Crippen LogP contribution is 2.22. The third-order valence-electron chi connectivity index (χ3n) is 6.01. The monoisotopic (exact) mass is 550 g/mol. The lowest BCUT2D eigenvalue weighted by Crippen LogP contribution is -2.47. The fourth-order valence-electron chi connectivity index (χ4n) is 3.93. The number of hydrogen-bond acceptors (Lipinski definition) is 9. The molecule has 0 unspecified atom stereocenters. The molecule has 0 atom stereocenters. The molecule has 0 amide bonds. The number of aromatic nitrogens is 2. The van der Waals surface area contributed by atoms with Gasteiger partial charge in [-0.3, -0.25) is 4.90 Å². The minimum absolute atomic E-state index is 0.558. The van der Waals surface area contributed by atoms with E-state index in [2.05, 4.69) is 31.9 Å². The number of carbonyl (C=O) groups is 2. The quantitative estimate of drug-likeness (QED) is 0.360. The van der Waals surface area contributed by atoms with Gasteiger partial charge in [-0.15, -0.1) is 0 Å². The molecule has 0 spiro atoms. The van der Waals surface area contributed by atoms with Crippen LogP contribution in [0, 0.1) is 6.92 Å². The highest BCUT2D eigenvalue weighted by molar-refractivity contribution is 5.89. The van der Waals surface area contributed by atoms with E-state index in [4.69, 9.17) is 24.4 Å². The molecule has 0 bridgehead atoms. The topological polar surface area (TPSA) is 135 Å². The molecule has 1 aliphatic rings. The maximum absolute atomic E-state index is 9.55. The molecule has 2 N–H and O–H groups in total. The number of aryl methyl sites for hydroxylation is 1. The van der Waals surface area contributed by atoms with E-state index in [1.807, 2.05) is 49.4 Å². The van der Waals surface area contributed by atoms with Gasteiger partial charge >= 0.3 is 11.9 Å². The summed E-state index contributed by atoms with van der Waals surface area (Å²) >= 11 is 0. The Hall–Kier alpha value is -4.64. The van der Waals surface area contributed by atoms with Crippen LogP contribution in [0.4, 0.5) is 5.69 Å². The summed E-state index contributed by atoms with van der Waals surface area (Å²) in [6, 6.07) is 17.9. The minimum atomic E-state index is -1.26. The summed E-state index contributed by atoms with van der Waals surface area (Å²) in [7, 11) is 3.35. The van der Waals surface area contributed by atoms with Crippen molar-refractivity contribution in [1.29, 1.82) is 0 Å². The largest absolute Gasteiger partial charge is 0.497 e. The molecule has 1 aliphatic heterocycles. The first-order chi connectivity index (χ1) is 19.3. The van der Waals surface area contributed by atoms with Crippen molar-refractivity contribution >= 4 is 17.6 Å². The zero-order chi connectivity index (χ0) is 28.9. The summed E-state index contributed by atoms with van der Waals surface area (Å²) in [5.41, 5.74) is 3.06. The van der Waals surface area contributed by atoms with Gasteiger partial charge in [0.05, 0.1) is 14.2 Å². The summed E-state index contributed by atoms with van der Waals surface area (Å²) in [5, 5.41) is 15.6. The van der Waals surface area contributed by atoms with Crippen LogP contribution in [0.2, 0.25) is 0 Å². The minimum Gasteiger partial charge on any atom is -0.497 e. The Morgan fingerprint density at radius 1 is 0.850 bits per heavy atom. The number of aliphatic carboxylic acids is 2. The molecule has 0 radical (unpaired) electrons. The Morgan fingerprint density at radius 3 is 1.93 bits per heavy atom. The first kappa shape index (κ1) is 29.9. The van der Waals surface area contributed by atoms with Gasteiger partial charge in [-0.1, -0.05) is 0 Å². The number of benzene rings is 2. The van der Waals surface area contributed by atoms with Crippen molar-refractivity contribution in [3.05, 3.63) is 72.4 Å². The molecule has 3 aromatic rings. The van der Waals surface area contributed by atoms with Crippen LogP contribution in [0.1, 0.15) is 5.69 Å². The van der Waals surface area contributed by atoms with Crippen molar-refractivity contribution in [3.63, 3.8) is 0 Å². The van der Waals surface area contributed by atoms with Gasteiger partial charge in [0.25, 0.3) is 0 Å². The molecule has 11 heteroatoms. The van der Waals surface area contributed by atoms with Gasteiger partial charge in [-0.2, -0.15) is 4.98 Å². The van der Waals surface area contributed by atoms with Crippen molar-refractivity contribution in [1.82, 2.24) is 14.9 Å². The highest BCUT2D eigenvalue weighted by atomic mass is 16.5. The second-order valence-electron chi connectivity index (χ2n) is 8.78. The van der Waals surface area contributed by atoms with Crippen LogP contribution in [0.15, 0.2) is 66.7 Å². The molecule has 11 nitrogen and oxygen atoms in total. The number of piperazine rings is 1. The van der Waals surface area contributed by atoms with E-state index in [1.165, 1.54) is 5.69 Å². The average Bonchev–Trinajstić information content (AvgIpc) is 2.96. The summed E-state index contributed by atoms with van der Waals surface area (Å²) in [5.74, 6) is 0.459. The summed E-state index contributed by atoms with van der Waals surface area (Å²) < 4.78 is 16.5. The fraction of sp³-hybridized carbons (Fsp3) is 0.310. The van der Waals surface area contributed by atoms with E-state index in [0.717, 1.165) is 55.5 Å². The number of methoxy groups -OCH3 is 2. The number of anilines is 1. The van der Waals surface area contributed by atoms with Crippen LogP contribution in [0.5, 0.6) is 17.4 Å². The number of carboxylic acid groups (broad SMARTS) is 2. The third kappa shape index (κ3) is 9.59. The molecule has 1 fully saturated rings. The predicted molar refractivity (Wildman–Crippen MR) is 150 cm³/mol. The zero-order valence-electron chi connectivity index (χ0n) is 22.8. The number of hydrogen-bond donors (Lipinski definition) is 2. The molecule has 1 saturated heterocycles. The van der Waals surface area contributed by atoms with E-state index in [0.29, 0.717) is 30.5 Å². The molecule has 2 aromatic carbocycles. The van der Waals surface area contributed by atoms with Gasteiger partial charge < -0.3 is 29.3 Å². The lowest BCUT2D eigenvalue weighted by Gasteiger charge is -2.36. The van der Waals surface area contributed by atoms with E-state index in [1.54, 1.807) is 14.2 Å². The molecule has 40 heavy (non-hydrogen) atoms. The fourth-order valence-corrected chi connectivity index (χ4v) is 3.93. The standard InChI is InChI=1S/C25H30N4O3.C4H4O4/c1-19-18-24(27-25(26-19)20-4-8-22(30-2)9-5-20)32-17-16-28-12-14-29(15-13-28)21-6-10-23(31-3)11-7-21;5-3(6)1-2-4(7)8/h4-11,18H,12-17H2,1-3H3;1-2H,(H,5,6)(H,7,8). The van der Waals surface area contributed by atoms with Crippen LogP contribution >= 0.6 is 0 Å². The van der Waals surface area contributed by atoms with Crippen molar-refractivity contribution in [2.24, 2.45) is 0 Å². The zero-order valence-corrected chi connectivity index (χ0v) is 22.8. The van der Waals surface area contributed by atoms with E-state index >= 15 is 0 Å². The lowest BCUT2D eigenvalue weighted by atomic mass is 10.2. The maximum atomic E-state index is 9.55. The second-order valence-corrected chi connectivity index (χ2v) is 8.78. The lowest BCUT2D eigenvalue weighted by molar-refractivity contribution is -0.134. The molecular weight excluding hydrogens is 516 g/mol. The molecule has 4 rings (SSSR count). The van der Waals surface area contributed by atoms with Crippen molar-refractivity contribution in [2.45, 2.75) is 6.92 Å². The summed E-state index contributed by atoms with van der Waals surface area (Å²) in [6.45, 7) is 7.45. The Bertz CT molecular complexity index is 1260. The van der Waals surface area contributed by atoms with E-state index in [9.17, 15) is 9.59 Å².